The van der Waals surface area contributed by atoms with Gasteiger partial charge >= 0.3 is 0 Å². The molecular weight excluding hydrogens is 379 g/mol. The topological polar surface area (TPSA) is 75.3 Å². The summed E-state index contributed by atoms with van der Waals surface area (Å²) < 4.78 is 40.8. The van der Waals surface area contributed by atoms with Crippen LogP contribution in [0.15, 0.2) is 59.5 Å². The van der Waals surface area contributed by atoms with E-state index in [1.54, 1.807) is 0 Å². The Balaban J connectivity index is 1.66. The van der Waals surface area contributed by atoms with E-state index in [0.717, 1.165) is 31.7 Å². The number of amides is 1. The second-order valence-corrected chi connectivity index (χ2v) is 9.03. The number of hydrogen-bond donors (Lipinski definition) is 2. The lowest BCUT2D eigenvalue weighted by atomic mass is 9.79. The molecule has 2 N–H and O–H groups in total. The van der Waals surface area contributed by atoms with Gasteiger partial charge in [0.15, 0.2) is 0 Å². The third kappa shape index (κ3) is 4.42. The first kappa shape index (κ1) is 20.5. The van der Waals surface area contributed by atoms with Gasteiger partial charge in [-0.15, -0.1) is 0 Å². The van der Waals surface area contributed by atoms with Crippen molar-refractivity contribution in [2.24, 2.45) is 0 Å². The van der Waals surface area contributed by atoms with Crippen LogP contribution in [0.25, 0.3) is 0 Å². The second-order valence-electron chi connectivity index (χ2n) is 7.34. The zero-order chi connectivity index (χ0) is 20.2. The SMILES string of the molecule is C[C@H](NS(=O)(=O)c1ccccc1F)C(=O)NCC1(c2ccccc2)CCCC1. The number of hydrogen-bond acceptors (Lipinski definition) is 3. The highest BCUT2D eigenvalue weighted by Crippen LogP contribution is 2.40. The van der Waals surface area contributed by atoms with Crippen molar-refractivity contribution in [3.05, 3.63) is 66.0 Å². The fourth-order valence-electron chi connectivity index (χ4n) is 3.83. The summed E-state index contributed by atoms with van der Waals surface area (Å²) in [6.45, 7) is 1.90. The summed E-state index contributed by atoms with van der Waals surface area (Å²) in [5, 5.41) is 2.89. The van der Waals surface area contributed by atoms with Crippen LogP contribution in [0, 0.1) is 5.82 Å². The van der Waals surface area contributed by atoms with Crippen LogP contribution >= 0.6 is 0 Å². The number of carbonyl (C=O) groups is 1. The Kier molecular flexibility index (Phi) is 6.15. The zero-order valence-corrected chi connectivity index (χ0v) is 16.6. The van der Waals surface area contributed by atoms with E-state index in [4.69, 9.17) is 0 Å². The maximum atomic E-state index is 13.8. The van der Waals surface area contributed by atoms with Crippen LogP contribution in [0.1, 0.15) is 38.2 Å². The summed E-state index contributed by atoms with van der Waals surface area (Å²) in [6.07, 6.45) is 4.15. The fraction of sp³-hybridized carbons (Fsp3) is 0.381. The minimum absolute atomic E-state index is 0.124. The first-order chi connectivity index (χ1) is 13.3. The van der Waals surface area contributed by atoms with E-state index >= 15 is 0 Å². The monoisotopic (exact) mass is 404 g/mol. The Bertz CT molecular complexity index is 926. The van der Waals surface area contributed by atoms with Crippen molar-refractivity contribution in [1.29, 1.82) is 0 Å². The van der Waals surface area contributed by atoms with Gasteiger partial charge in [0, 0.05) is 12.0 Å². The molecule has 0 saturated heterocycles. The number of benzene rings is 2. The number of carbonyl (C=O) groups excluding carboxylic acids is 1. The quantitative estimate of drug-likeness (QED) is 0.745. The lowest BCUT2D eigenvalue weighted by Crippen LogP contribution is -2.48. The minimum atomic E-state index is -4.13. The van der Waals surface area contributed by atoms with Crippen molar-refractivity contribution >= 4 is 15.9 Å². The van der Waals surface area contributed by atoms with Crippen LogP contribution in [0.3, 0.4) is 0 Å². The van der Waals surface area contributed by atoms with Crippen molar-refractivity contribution < 1.29 is 17.6 Å². The molecule has 1 amide bonds. The molecule has 2 aromatic carbocycles. The van der Waals surface area contributed by atoms with Gasteiger partial charge in [0.05, 0.1) is 6.04 Å². The van der Waals surface area contributed by atoms with Gasteiger partial charge in [0.2, 0.25) is 15.9 Å². The molecule has 5 nitrogen and oxygen atoms in total. The number of rotatable bonds is 7. The van der Waals surface area contributed by atoms with Crippen LogP contribution in [0.2, 0.25) is 0 Å². The van der Waals surface area contributed by atoms with E-state index in [1.165, 1.54) is 30.7 Å². The normalized spacial score (nSPS) is 17.2. The Morgan fingerprint density at radius 2 is 1.68 bits per heavy atom. The molecule has 0 aromatic heterocycles. The first-order valence-electron chi connectivity index (χ1n) is 9.44. The molecule has 0 heterocycles. The molecule has 7 heteroatoms. The molecule has 1 fully saturated rings. The lowest BCUT2D eigenvalue weighted by Gasteiger charge is -2.30. The molecule has 1 saturated carbocycles. The van der Waals surface area contributed by atoms with Crippen molar-refractivity contribution in [3.8, 4) is 0 Å². The van der Waals surface area contributed by atoms with Gasteiger partial charge in [-0.3, -0.25) is 4.79 Å². The van der Waals surface area contributed by atoms with Gasteiger partial charge in [-0.05, 0) is 37.5 Å². The highest BCUT2D eigenvalue weighted by Gasteiger charge is 2.36. The summed E-state index contributed by atoms with van der Waals surface area (Å²) in [5.74, 6) is -1.28. The molecule has 0 unspecified atom stereocenters. The molecule has 0 radical (unpaired) electrons. The Labute approximate surface area is 165 Å². The predicted molar refractivity (Wildman–Crippen MR) is 106 cm³/mol. The standard InChI is InChI=1S/C21H25FN2O3S/c1-16(24-28(26,27)19-12-6-5-11-18(19)22)20(25)23-15-21(13-7-8-14-21)17-9-3-2-4-10-17/h2-6,9-12,16,24H,7-8,13-15H2,1H3,(H,23,25)/t16-/m0/s1. The van der Waals surface area contributed by atoms with E-state index in [9.17, 15) is 17.6 Å². The molecular formula is C21H25FN2O3S. The van der Waals surface area contributed by atoms with Gasteiger partial charge in [-0.25, -0.2) is 12.8 Å². The molecule has 150 valence electrons. The van der Waals surface area contributed by atoms with E-state index in [1.807, 2.05) is 18.2 Å². The van der Waals surface area contributed by atoms with Crippen LogP contribution in [0.5, 0.6) is 0 Å². The maximum absolute atomic E-state index is 13.8. The average Bonchev–Trinajstić information content (AvgIpc) is 3.17. The van der Waals surface area contributed by atoms with Crippen LogP contribution in [-0.2, 0) is 20.2 Å². The maximum Gasteiger partial charge on any atom is 0.244 e. The van der Waals surface area contributed by atoms with Crippen molar-refractivity contribution in [2.75, 3.05) is 6.54 Å². The van der Waals surface area contributed by atoms with Gasteiger partial charge in [0.1, 0.15) is 10.7 Å². The average molecular weight is 405 g/mol. The number of sulfonamides is 1. The molecule has 1 aliphatic rings. The molecule has 0 spiro atoms. The van der Waals surface area contributed by atoms with Gasteiger partial charge < -0.3 is 5.32 Å². The van der Waals surface area contributed by atoms with Gasteiger partial charge in [-0.2, -0.15) is 4.72 Å². The summed E-state index contributed by atoms with van der Waals surface area (Å²) in [4.78, 5) is 12.1. The molecule has 28 heavy (non-hydrogen) atoms. The molecule has 1 aliphatic carbocycles. The molecule has 1 atom stereocenters. The fourth-order valence-corrected chi connectivity index (χ4v) is 5.11. The van der Waals surface area contributed by atoms with E-state index in [2.05, 4.69) is 22.2 Å². The van der Waals surface area contributed by atoms with E-state index in [0.29, 0.717) is 6.54 Å². The lowest BCUT2D eigenvalue weighted by molar-refractivity contribution is -0.122. The van der Waals surface area contributed by atoms with Crippen molar-refractivity contribution in [1.82, 2.24) is 10.0 Å². The van der Waals surface area contributed by atoms with E-state index < -0.39 is 32.7 Å². The number of nitrogens with one attached hydrogen (secondary N) is 2. The Morgan fingerprint density at radius 3 is 2.32 bits per heavy atom. The summed E-state index contributed by atoms with van der Waals surface area (Å²) in [7, 11) is -4.13. The molecule has 0 aliphatic heterocycles. The van der Waals surface area contributed by atoms with Crippen LogP contribution in [-0.4, -0.2) is 26.9 Å². The highest BCUT2D eigenvalue weighted by atomic mass is 32.2. The summed E-state index contributed by atoms with van der Waals surface area (Å²) >= 11 is 0. The summed E-state index contributed by atoms with van der Waals surface area (Å²) in [6, 6.07) is 14.2. The summed E-state index contributed by atoms with van der Waals surface area (Å²) in [5.41, 5.74) is 1.06. The zero-order valence-electron chi connectivity index (χ0n) is 15.8. The molecule has 3 rings (SSSR count). The van der Waals surface area contributed by atoms with Crippen molar-refractivity contribution in [3.63, 3.8) is 0 Å². The smallest absolute Gasteiger partial charge is 0.244 e. The Hall–Kier alpha value is -2.25. The molecule has 0 bridgehead atoms. The minimum Gasteiger partial charge on any atom is -0.354 e. The van der Waals surface area contributed by atoms with Crippen LogP contribution in [0.4, 0.5) is 4.39 Å². The number of halogens is 1. The van der Waals surface area contributed by atoms with Gasteiger partial charge in [0.25, 0.3) is 0 Å². The Morgan fingerprint density at radius 1 is 1.07 bits per heavy atom. The van der Waals surface area contributed by atoms with Crippen molar-refractivity contribution in [2.45, 2.75) is 49.0 Å². The second kappa shape index (κ2) is 8.41. The predicted octanol–water partition coefficient (Wildman–Crippen LogP) is 3.12. The third-order valence-corrected chi connectivity index (χ3v) is 6.97. The third-order valence-electron chi connectivity index (χ3n) is 5.40. The largest absolute Gasteiger partial charge is 0.354 e. The molecule has 2 aromatic rings. The first-order valence-corrected chi connectivity index (χ1v) is 10.9. The highest BCUT2D eigenvalue weighted by molar-refractivity contribution is 7.89. The van der Waals surface area contributed by atoms with Gasteiger partial charge in [-0.1, -0.05) is 55.3 Å². The van der Waals surface area contributed by atoms with E-state index in [-0.39, 0.29) is 5.41 Å². The van der Waals surface area contributed by atoms with Crippen LogP contribution < -0.4 is 10.0 Å².